The van der Waals surface area contributed by atoms with Gasteiger partial charge in [-0.15, -0.1) is 0 Å². The third-order valence-electron chi connectivity index (χ3n) is 0.888. The van der Waals surface area contributed by atoms with Gasteiger partial charge in [0.05, 0.1) is 0 Å². The minimum atomic E-state index is -4.53. The molecular weight excluding hydrogens is 183 g/mol. The summed E-state index contributed by atoms with van der Waals surface area (Å²) < 4.78 is 34.3. The Morgan fingerprint density at radius 2 is 1.92 bits per heavy atom. The van der Waals surface area contributed by atoms with E-state index < -0.39 is 12.1 Å². The standard InChI is InChI=1S/C8H7F3NO/c1-12(2)7(13)5-3-4-6-8(9,10)11/h3H,1-2H3. The molecule has 0 aromatic heterocycles. The molecule has 0 saturated heterocycles. The van der Waals surface area contributed by atoms with Gasteiger partial charge in [0, 0.05) is 26.1 Å². The lowest BCUT2D eigenvalue weighted by Crippen LogP contribution is -2.07. The Kier molecular flexibility index (Phi) is 3.96. The first-order valence-electron chi connectivity index (χ1n) is 3.22. The summed E-state index contributed by atoms with van der Waals surface area (Å²) >= 11 is 0. The van der Waals surface area contributed by atoms with Gasteiger partial charge in [-0.2, -0.15) is 13.2 Å². The van der Waals surface area contributed by atoms with Gasteiger partial charge in [0.25, 0.3) is 5.88 Å². The van der Waals surface area contributed by atoms with Crippen molar-refractivity contribution in [1.82, 2.24) is 4.90 Å². The zero-order valence-electron chi connectivity index (χ0n) is 7.07. The van der Waals surface area contributed by atoms with E-state index in [4.69, 9.17) is 0 Å². The molecule has 5 heteroatoms. The van der Waals surface area contributed by atoms with Crippen molar-refractivity contribution in [2.75, 3.05) is 14.1 Å². The zero-order chi connectivity index (χ0) is 10.5. The molecular formula is C8H7F3NO. The summed E-state index contributed by atoms with van der Waals surface area (Å²) in [5.41, 5.74) is 2.04. The van der Waals surface area contributed by atoms with E-state index in [2.05, 4.69) is 0 Å². The van der Waals surface area contributed by atoms with Gasteiger partial charge < -0.3 is 4.90 Å². The molecule has 0 unspecified atom stereocenters. The maximum absolute atomic E-state index is 11.4. The third-order valence-corrected chi connectivity index (χ3v) is 0.888. The predicted molar refractivity (Wildman–Crippen MR) is 39.8 cm³/mol. The summed E-state index contributed by atoms with van der Waals surface area (Å²) in [4.78, 5) is 1.17. The summed E-state index contributed by atoms with van der Waals surface area (Å²) in [7, 11) is 2.92. The summed E-state index contributed by atoms with van der Waals surface area (Å²) in [6, 6.07) is 0. The maximum atomic E-state index is 11.4. The van der Waals surface area contributed by atoms with E-state index in [9.17, 15) is 18.3 Å². The minimum absolute atomic E-state index is 0.531. The molecule has 0 amide bonds. The Hall–Kier alpha value is -1.53. The number of rotatable bonds is 1. The highest BCUT2D eigenvalue weighted by Crippen LogP contribution is 2.11. The van der Waals surface area contributed by atoms with Crippen molar-refractivity contribution in [2.24, 2.45) is 0 Å². The van der Waals surface area contributed by atoms with Crippen LogP contribution >= 0.6 is 0 Å². The summed E-state index contributed by atoms with van der Waals surface area (Å²) in [6.45, 7) is 0. The predicted octanol–water partition coefficient (Wildman–Crippen LogP) is 1.54. The SMILES string of the molecule is CN(C)C([O])=C=CC#CC(F)(F)F. The van der Waals surface area contributed by atoms with Crippen LogP contribution in [0.1, 0.15) is 0 Å². The Balaban J connectivity index is 4.45. The second-order valence-corrected chi connectivity index (χ2v) is 2.26. The Morgan fingerprint density at radius 3 is 2.31 bits per heavy atom. The fraction of sp³-hybridized carbons (Fsp3) is 0.375. The van der Waals surface area contributed by atoms with Gasteiger partial charge in [0.2, 0.25) is 0 Å². The highest BCUT2D eigenvalue weighted by atomic mass is 19.4. The van der Waals surface area contributed by atoms with Crippen LogP contribution in [0.5, 0.6) is 0 Å². The highest BCUT2D eigenvalue weighted by molar-refractivity contribution is 5.18. The van der Waals surface area contributed by atoms with Crippen LogP contribution in [-0.4, -0.2) is 25.2 Å². The van der Waals surface area contributed by atoms with E-state index >= 15 is 0 Å². The van der Waals surface area contributed by atoms with Crippen molar-refractivity contribution >= 4 is 0 Å². The number of halogens is 3. The lowest BCUT2D eigenvalue weighted by Gasteiger charge is -2.02. The van der Waals surface area contributed by atoms with Gasteiger partial charge in [-0.1, -0.05) is 5.92 Å². The molecule has 0 bridgehead atoms. The molecule has 0 saturated carbocycles. The molecule has 0 N–H and O–H groups in total. The summed E-state index contributed by atoms with van der Waals surface area (Å²) in [5.74, 6) is 2.10. The monoisotopic (exact) mass is 190 g/mol. The number of allylic oxidation sites excluding steroid dienone is 1. The normalized spacial score (nSPS) is 9.31. The zero-order valence-corrected chi connectivity index (χ0v) is 7.07. The molecule has 71 valence electrons. The fourth-order valence-corrected chi connectivity index (χ4v) is 0.345. The second-order valence-electron chi connectivity index (χ2n) is 2.26. The Morgan fingerprint density at radius 1 is 1.38 bits per heavy atom. The van der Waals surface area contributed by atoms with Gasteiger partial charge in [-0.25, -0.2) is 0 Å². The Labute approximate surface area is 74.0 Å². The van der Waals surface area contributed by atoms with E-state index in [-0.39, 0.29) is 0 Å². The van der Waals surface area contributed by atoms with E-state index in [1.165, 1.54) is 19.0 Å². The first-order valence-corrected chi connectivity index (χ1v) is 3.22. The molecule has 0 aliphatic carbocycles. The lowest BCUT2D eigenvalue weighted by atomic mass is 10.5. The average molecular weight is 190 g/mol. The van der Waals surface area contributed by atoms with Crippen molar-refractivity contribution < 1.29 is 18.3 Å². The molecule has 2 nitrogen and oxygen atoms in total. The topological polar surface area (TPSA) is 23.1 Å². The fourth-order valence-electron chi connectivity index (χ4n) is 0.345. The number of alkyl halides is 3. The molecule has 0 heterocycles. The van der Waals surface area contributed by atoms with E-state index in [1.54, 1.807) is 5.92 Å². The van der Waals surface area contributed by atoms with Gasteiger partial charge in [-0.05, 0) is 5.73 Å². The van der Waals surface area contributed by atoms with E-state index in [1.807, 2.05) is 5.73 Å². The molecule has 0 spiro atoms. The van der Waals surface area contributed by atoms with Gasteiger partial charge in [0.15, 0.2) is 0 Å². The molecule has 0 aliphatic heterocycles. The molecule has 0 aromatic carbocycles. The highest BCUT2D eigenvalue weighted by Gasteiger charge is 2.22. The van der Waals surface area contributed by atoms with Crippen LogP contribution < -0.4 is 0 Å². The number of hydrogen-bond donors (Lipinski definition) is 0. The van der Waals surface area contributed by atoms with Crippen LogP contribution in [0.25, 0.3) is 0 Å². The van der Waals surface area contributed by atoms with E-state index in [0.29, 0.717) is 0 Å². The van der Waals surface area contributed by atoms with Crippen LogP contribution in [-0.2, 0) is 5.11 Å². The molecule has 0 aromatic rings. The second kappa shape index (κ2) is 4.48. The van der Waals surface area contributed by atoms with Gasteiger partial charge in [0.1, 0.15) is 0 Å². The van der Waals surface area contributed by atoms with Crippen LogP contribution in [0.4, 0.5) is 13.2 Å². The largest absolute Gasteiger partial charge is 0.458 e. The maximum Gasteiger partial charge on any atom is 0.458 e. The summed E-state index contributed by atoms with van der Waals surface area (Å²) in [6.07, 6.45) is -3.78. The van der Waals surface area contributed by atoms with Gasteiger partial charge in [-0.3, -0.25) is 5.11 Å². The van der Waals surface area contributed by atoms with Crippen LogP contribution in [0.15, 0.2) is 17.7 Å². The number of nitrogens with zero attached hydrogens (tertiary/aromatic N) is 1. The van der Waals surface area contributed by atoms with Gasteiger partial charge >= 0.3 is 6.18 Å². The molecule has 0 rings (SSSR count). The lowest BCUT2D eigenvalue weighted by molar-refractivity contribution is -0.0696. The van der Waals surface area contributed by atoms with Crippen molar-refractivity contribution in [1.29, 1.82) is 0 Å². The number of hydrogen-bond acceptors (Lipinski definition) is 1. The quantitative estimate of drug-likeness (QED) is 0.349. The average Bonchev–Trinajstić information content (AvgIpc) is 1.95. The molecule has 0 fully saturated rings. The minimum Gasteiger partial charge on any atom is -0.339 e. The van der Waals surface area contributed by atoms with Crippen molar-refractivity contribution in [3.05, 3.63) is 17.7 Å². The molecule has 0 aliphatic rings. The van der Waals surface area contributed by atoms with Crippen molar-refractivity contribution in [2.45, 2.75) is 6.18 Å². The third kappa shape index (κ3) is 6.85. The Bertz CT molecular complexity index is 287. The first-order chi connectivity index (χ1) is 5.83. The smallest absolute Gasteiger partial charge is 0.339 e. The summed E-state index contributed by atoms with van der Waals surface area (Å²) in [5, 5.41) is 10.7. The van der Waals surface area contributed by atoms with Crippen LogP contribution in [0, 0.1) is 11.8 Å². The van der Waals surface area contributed by atoms with E-state index in [0.717, 1.165) is 12.0 Å². The molecule has 13 heavy (non-hydrogen) atoms. The molecule has 0 atom stereocenters. The first kappa shape index (κ1) is 11.5. The molecule has 1 radical (unpaired) electrons. The van der Waals surface area contributed by atoms with Crippen molar-refractivity contribution in [3.63, 3.8) is 0 Å². The van der Waals surface area contributed by atoms with Crippen molar-refractivity contribution in [3.8, 4) is 11.8 Å². The van der Waals surface area contributed by atoms with Crippen LogP contribution in [0.2, 0.25) is 0 Å². The van der Waals surface area contributed by atoms with Crippen LogP contribution in [0.3, 0.4) is 0 Å².